The average molecular weight is 407 g/mol. The molecule has 1 aliphatic heterocycles. The lowest BCUT2D eigenvalue weighted by atomic mass is 10.1. The van der Waals surface area contributed by atoms with Crippen LogP contribution in [-0.2, 0) is 6.54 Å². The van der Waals surface area contributed by atoms with Gasteiger partial charge in [-0.2, -0.15) is 10.2 Å². The molecule has 30 heavy (non-hydrogen) atoms. The molecule has 4 rings (SSSR count). The van der Waals surface area contributed by atoms with Crippen LogP contribution in [-0.4, -0.2) is 73.4 Å². The number of piperazine rings is 1. The Morgan fingerprint density at radius 3 is 2.57 bits per heavy atom. The predicted octanol–water partition coefficient (Wildman–Crippen LogP) is 1.10. The third kappa shape index (κ3) is 4.16. The summed E-state index contributed by atoms with van der Waals surface area (Å²) in [5.74, 6) is 0.0282. The normalized spacial score (nSPS) is 14.8. The molecule has 0 aromatic carbocycles. The lowest BCUT2D eigenvalue weighted by molar-refractivity contribution is 0.0630. The molecule has 1 fully saturated rings. The maximum atomic E-state index is 12.8. The summed E-state index contributed by atoms with van der Waals surface area (Å²) in [6.45, 7) is 7.75. The lowest BCUT2D eigenvalue weighted by Crippen LogP contribution is -2.49. The minimum Gasteiger partial charge on any atom is -0.336 e. The number of rotatable bonds is 5. The van der Waals surface area contributed by atoms with E-state index in [1.165, 1.54) is 4.68 Å². The number of amides is 1. The van der Waals surface area contributed by atoms with Crippen LogP contribution in [0.25, 0.3) is 11.3 Å². The van der Waals surface area contributed by atoms with Crippen LogP contribution in [0.15, 0.2) is 41.5 Å². The molecule has 1 aliphatic rings. The van der Waals surface area contributed by atoms with Crippen LogP contribution in [0.3, 0.4) is 0 Å². The minimum atomic E-state index is -0.123. The van der Waals surface area contributed by atoms with Gasteiger partial charge in [-0.25, -0.2) is 4.68 Å². The minimum absolute atomic E-state index is 0.0282. The van der Waals surface area contributed by atoms with Crippen molar-refractivity contribution in [3.8, 4) is 11.3 Å². The Bertz CT molecular complexity index is 1060. The molecule has 156 valence electrons. The van der Waals surface area contributed by atoms with Crippen LogP contribution in [0.4, 0.5) is 0 Å². The van der Waals surface area contributed by atoms with Crippen LogP contribution in [0.2, 0.25) is 0 Å². The van der Waals surface area contributed by atoms with Gasteiger partial charge in [0.05, 0.1) is 23.5 Å². The predicted molar refractivity (Wildman–Crippen MR) is 112 cm³/mol. The van der Waals surface area contributed by atoms with Gasteiger partial charge in [0.1, 0.15) is 0 Å². The summed E-state index contributed by atoms with van der Waals surface area (Å²) >= 11 is 0. The highest BCUT2D eigenvalue weighted by Crippen LogP contribution is 2.15. The third-order valence-corrected chi connectivity index (χ3v) is 5.45. The summed E-state index contributed by atoms with van der Waals surface area (Å²) in [6, 6.07) is 7.03. The highest BCUT2D eigenvalue weighted by Gasteiger charge is 2.25. The van der Waals surface area contributed by atoms with Gasteiger partial charge < -0.3 is 4.90 Å². The van der Waals surface area contributed by atoms with Gasteiger partial charge in [-0.3, -0.25) is 24.6 Å². The highest BCUT2D eigenvalue weighted by molar-refractivity contribution is 5.96. The maximum absolute atomic E-state index is 12.8. The SMILES string of the molecule is Cc1n[nH]c(C)c1C(=O)N1CCN(CCn2nc(-c3cccnc3)ccc2=O)CC1. The van der Waals surface area contributed by atoms with Crippen molar-refractivity contribution in [3.63, 3.8) is 0 Å². The van der Waals surface area contributed by atoms with Gasteiger partial charge in [0.2, 0.25) is 0 Å². The molecule has 0 saturated carbocycles. The molecule has 3 aromatic heterocycles. The first kappa shape index (κ1) is 20.0. The van der Waals surface area contributed by atoms with E-state index in [2.05, 4.69) is 25.2 Å². The van der Waals surface area contributed by atoms with Crippen molar-refractivity contribution >= 4 is 5.91 Å². The molecule has 0 bridgehead atoms. The fraction of sp³-hybridized carbons (Fsp3) is 0.381. The Kier molecular flexibility index (Phi) is 5.71. The van der Waals surface area contributed by atoms with Crippen LogP contribution >= 0.6 is 0 Å². The van der Waals surface area contributed by atoms with Gasteiger partial charge in [-0.15, -0.1) is 0 Å². The number of aromatic amines is 1. The molecule has 3 aromatic rings. The van der Waals surface area contributed by atoms with Crippen molar-refractivity contribution in [2.75, 3.05) is 32.7 Å². The summed E-state index contributed by atoms with van der Waals surface area (Å²) < 4.78 is 1.50. The zero-order valence-electron chi connectivity index (χ0n) is 17.2. The fourth-order valence-corrected chi connectivity index (χ4v) is 3.71. The molecule has 0 unspecified atom stereocenters. The molecular formula is C21H25N7O2. The Morgan fingerprint density at radius 1 is 1.10 bits per heavy atom. The van der Waals surface area contributed by atoms with Crippen LogP contribution < -0.4 is 5.56 Å². The number of H-pyrrole nitrogens is 1. The van der Waals surface area contributed by atoms with E-state index in [0.29, 0.717) is 31.7 Å². The second-order valence-corrected chi connectivity index (χ2v) is 7.46. The second-order valence-electron chi connectivity index (χ2n) is 7.46. The first-order chi connectivity index (χ1) is 14.5. The van der Waals surface area contributed by atoms with Gasteiger partial charge in [-0.05, 0) is 32.0 Å². The van der Waals surface area contributed by atoms with E-state index in [1.807, 2.05) is 30.9 Å². The Morgan fingerprint density at radius 2 is 1.90 bits per heavy atom. The van der Waals surface area contributed by atoms with E-state index in [0.717, 1.165) is 35.7 Å². The number of carbonyl (C=O) groups is 1. The molecule has 9 nitrogen and oxygen atoms in total. The van der Waals surface area contributed by atoms with E-state index < -0.39 is 0 Å². The number of hydrogen-bond donors (Lipinski definition) is 1. The molecule has 0 atom stereocenters. The summed E-state index contributed by atoms with van der Waals surface area (Å²) in [4.78, 5) is 33.2. The molecule has 1 saturated heterocycles. The number of nitrogens with zero attached hydrogens (tertiary/aromatic N) is 6. The average Bonchev–Trinajstić information content (AvgIpc) is 3.11. The smallest absolute Gasteiger partial charge is 0.266 e. The lowest BCUT2D eigenvalue weighted by Gasteiger charge is -2.34. The number of carbonyl (C=O) groups excluding carboxylic acids is 1. The molecule has 0 spiro atoms. The molecule has 0 radical (unpaired) electrons. The summed E-state index contributed by atoms with van der Waals surface area (Å²) in [5.41, 5.74) is 3.69. The maximum Gasteiger partial charge on any atom is 0.266 e. The van der Waals surface area contributed by atoms with Crippen molar-refractivity contribution in [1.82, 2.24) is 34.8 Å². The fourth-order valence-electron chi connectivity index (χ4n) is 3.71. The largest absolute Gasteiger partial charge is 0.336 e. The number of nitrogens with one attached hydrogen (secondary N) is 1. The van der Waals surface area contributed by atoms with E-state index in [-0.39, 0.29) is 11.5 Å². The van der Waals surface area contributed by atoms with Gasteiger partial charge in [-0.1, -0.05) is 0 Å². The monoisotopic (exact) mass is 407 g/mol. The van der Waals surface area contributed by atoms with Gasteiger partial charge in [0.25, 0.3) is 11.5 Å². The molecule has 9 heteroatoms. The van der Waals surface area contributed by atoms with Crippen molar-refractivity contribution in [1.29, 1.82) is 0 Å². The summed E-state index contributed by atoms with van der Waals surface area (Å²) in [5, 5.41) is 11.5. The van der Waals surface area contributed by atoms with Gasteiger partial charge in [0.15, 0.2) is 0 Å². The number of aromatic nitrogens is 5. The molecule has 1 N–H and O–H groups in total. The summed E-state index contributed by atoms with van der Waals surface area (Å²) in [7, 11) is 0. The number of pyridine rings is 1. The zero-order valence-corrected chi connectivity index (χ0v) is 17.2. The van der Waals surface area contributed by atoms with Crippen molar-refractivity contribution in [2.24, 2.45) is 0 Å². The summed E-state index contributed by atoms with van der Waals surface area (Å²) in [6.07, 6.45) is 3.44. The van der Waals surface area contributed by atoms with E-state index >= 15 is 0 Å². The van der Waals surface area contributed by atoms with Crippen molar-refractivity contribution < 1.29 is 4.79 Å². The van der Waals surface area contributed by atoms with Gasteiger partial charge in [0, 0.05) is 62.4 Å². The number of aryl methyl sites for hydroxylation is 2. The molecule has 1 amide bonds. The van der Waals surface area contributed by atoms with Crippen molar-refractivity contribution in [2.45, 2.75) is 20.4 Å². The highest BCUT2D eigenvalue weighted by atomic mass is 16.2. The van der Waals surface area contributed by atoms with E-state index in [1.54, 1.807) is 24.5 Å². The standard InChI is InChI=1S/C21H25N7O2/c1-15-20(16(2)24-23-15)21(30)27-11-8-26(9-12-27)10-13-28-19(29)6-5-18(25-28)17-4-3-7-22-14-17/h3-7,14H,8-13H2,1-2H3,(H,23,24). The van der Waals surface area contributed by atoms with Crippen LogP contribution in [0, 0.1) is 13.8 Å². The van der Waals surface area contributed by atoms with Gasteiger partial charge >= 0.3 is 0 Å². The molecular weight excluding hydrogens is 382 g/mol. The first-order valence-corrected chi connectivity index (χ1v) is 10.0. The second kappa shape index (κ2) is 8.58. The van der Waals surface area contributed by atoms with Crippen molar-refractivity contribution in [3.05, 3.63) is 64.0 Å². The zero-order chi connectivity index (χ0) is 21.1. The number of hydrogen-bond acceptors (Lipinski definition) is 6. The Hall–Kier alpha value is -3.33. The third-order valence-electron chi connectivity index (χ3n) is 5.45. The quantitative estimate of drug-likeness (QED) is 0.680. The Labute approximate surface area is 174 Å². The first-order valence-electron chi connectivity index (χ1n) is 10.0. The Balaban J connectivity index is 1.35. The van der Waals surface area contributed by atoms with E-state index in [9.17, 15) is 9.59 Å². The van der Waals surface area contributed by atoms with Crippen LogP contribution in [0.5, 0.6) is 0 Å². The molecule has 4 heterocycles. The topological polar surface area (TPSA) is 100 Å². The molecule has 0 aliphatic carbocycles. The van der Waals surface area contributed by atoms with E-state index in [4.69, 9.17) is 0 Å². The van der Waals surface area contributed by atoms with Crippen LogP contribution in [0.1, 0.15) is 21.7 Å².